The summed E-state index contributed by atoms with van der Waals surface area (Å²) < 4.78 is 18.6. The average molecular weight is 276 g/mol. The maximum atomic E-state index is 13.6. The minimum atomic E-state index is -0.816. The molecule has 0 aliphatic carbocycles. The maximum absolute atomic E-state index is 13.6. The molecule has 0 atom stereocenters. The molecule has 0 spiro atoms. The molecule has 2 aromatic rings. The number of ether oxygens (including phenoxy) is 1. The zero-order valence-corrected chi connectivity index (χ0v) is 10.7. The number of halogens is 1. The number of methoxy groups -OCH3 is 1. The fourth-order valence-corrected chi connectivity index (χ4v) is 1.69. The molecule has 0 aliphatic rings. The zero-order valence-electron chi connectivity index (χ0n) is 10.7. The Morgan fingerprint density at radius 3 is 2.75 bits per heavy atom. The lowest BCUT2D eigenvalue weighted by Crippen LogP contribution is -2.15. The van der Waals surface area contributed by atoms with Gasteiger partial charge in [0.2, 0.25) is 0 Å². The Bertz CT molecular complexity index is 639. The third kappa shape index (κ3) is 2.64. The molecule has 0 heterocycles. The van der Waals surface area contributed by atoms with Gasteiger partial charge in [0, 0.05) is 6.07 Å². The summed E-state index contributed by atoms with van der Waals surface area (Å²) in [4.78, 5) is 12.0. The maximum Gasteiger partial charge on any atom is 0.262 e. The number of hydrogen-bond acceptors (Lipinski definition) is 4. The number of nitrogens with two attached hydrogens (primary N) is 1. The number of amides is 1. The fraction of sp³-hybridized carbons (Fsp3) is 0.0714. The molecule has 0 saturated heterocycles. The van der Waals surface area contributed by atoms with Gasteiger partial charge >= 0.3 is 0 Å². The van der Waals surface area contributed by atoms with Gasteiger partial charge < -0.3 is 20.9 Å². The number of anilines is 2. The van der Waals surface area contributed by atoms with Gasteiger partial charge in [0.05, 0.1) is 18.5 Å². The van der Waals surface area contributed by atoms with E-state index in [9.17, 15) is 14.3 Å². The Hall–Kier alpha value is -2.76. The number of rotatable bonds is 3. The van der Waals surface area contributed by atoms with E-state index in [1.807, 2.05) is 0 Å². The van der Waals surface area contributed by atoms with E-state index < -0.39 is 23.0 Å². The smallest absolute Gasteiger partial charge is 0.262 e. The second kappa shape index (κ2) is 5.48. The van der Waals surface area contributed by atoms with Crippen molar-refractivity contribution in [1.82, 2.24) is 0 Å². The average Bonchev–Trinajstić information content (AvgIpc) is 2.41. The Kier molecular flexibility index (Phi) is 3.74. The second-order valence-corrected chi connectivity index (χ2v) is 4.04. The van der Waals surface area contributed by atoms with Crippen molar-refractivity contribution >= 4 is 17.3 Å². The normalized spacial score (nSPS) is 10.1. The minimum Gasteiger partial charge on any atom is -0.507 e. The van der Waals surface area contributed by atoms with Crippen molar-refractivity contribution in [3.63, 3.8) is 0 Å². The summed E-state index contributed by atoms with van der Waals surface area (Å²) in [6.07, 6.45) is 0. The number of carbonyl (C=O) groups is 1. The summed E-state index contributed by atoms with van der Waals surface area (Å²) in [6, 6.07) is 8.31. The molecule has 0 radical (unpaired) electrons. The third-order valence-corrected chi connectivity index (χ3v) is 2.73. The Balaban J connectivity index is 2.33. The monoisotopic (exact) mass is 276 g/mol. The topological polar surface area (TPSA) is 84.6 Å². The summed E-state index contributed by atoms with van der Waals surface area (Å²) in [6.45, 7) is 0. The molecular formula is C14H13FN2O3. The van der Waals surface area contributed by atoms with Gasteiger partial charge in [-0.3, -0.25) is 4.79 Å². The van der Waals surface area contributed by atoms with Crippen LogP contribution in [-0.2, 0) is 0 Å². The van der Waals surface area contributed by atoms with Crippen molar-refractivity contribution in [1.29, 1.82) is 0 Å². The lowest BCUT2D eigenvalue weighted by Gasteiger charge is -2.11. The Labute approximate surface area is 114 Å². The molecule has 0 unspecified atom stereocenters. The van der Waals surface area contributed by atoms with Crippen molar-refractivity contribution < 1.29 is 19.0 Å². The van der Waals surface area contributed by atoms with Crippen LogP contribution in [-0.4, -0.2) is 18.1 Å². The molecule has 0 aromatic heterocycles. The highest BCUT2D eigenvalue weighted by Crippen LogP contribution is 2.27. The SMILES string of the molecule is COc1ccc(N)c(NC(=O)c2c(O)cccc2F)c1. The van der Waals surface area contributed by atoms with Crippen LogP contribution in [0.15, 0.2) is 36.4 Å². The van der Waals surface area contributed by atoms with E-state index in [-0.39, 0.29) is 5.69 Å². The number of benzene rings is 2. The van der Waals surface area contributed by atoms with E-state index in [4.69, 9.17) is 10.5 Å². The fourth-order valence-electron chi connectivity index (χ4n) is 1.69. The molecule has 104 valence electrons. The van der Waals surface area contributed by atoms with E-state index in [0.29, 0.717) is 11.4 Å². The number of phenols is 1. The predicted octanol–water partition coefficient (Wildman–Crippen LogP) is 2.37. The van der Waals surface area contributed by atoms with Gasteiger partial charge in [0.1, 0.15) is 22.9 Å². The van der Waals surface area contributed by atoms with E-state index in [1.54, 1.807) is 12.1 Å². The van der Waals surface area contributed by atoms with E-state index in [2.05, 4.69) is 5.32 Å². The Morgan fingerprint density at radius 2 is 2.10 bits per heavy atom. The van der Waals surface area contributed by atoms with Gasteiger partial charge in [0.25, 0.3) is 5.91 Å². The van der Waals surface area contributed by atoms with Crippen LogP contribution in [0.4, 0.5) is 15.8 Å². The summed E-state index contributed by atoms with van der Waals surface area (Å²) in [5, 5.41) is 12.0. The Morgan fingerprint density at radius 1 is 1.35 bits per heavy atom. The van der Waals surface area contributed by atoms with Crippen molar-refractivity contribution in [2.75, 3.05) is 18.2 Å². The van der Waals surface area contributed by atoms with E-state index >= 15 is 0 Å². The van der Waals surface area contributed by atoms with Crippen LogP contribution >= 0.6 is 0 Å². The molecule has 6 heteroatoms. The van der Waals surface area contributed by atoms with Crippen LogP contribution < -0.4 is 15.8 Å². The molecule has 2 aromatic carbocycles. The molecule has 1 amide bonds. The van der Waals surface area contributed by atoms with Crippen LogP contribution in [0.25, 0.3) is 0 Å². The lowest BCUT2D eigenvalue weighted by molar-refractivity contribution is 0.102. The number of carbonyl (C=O) groups excluding carboxylic acids is 1. The first kappa shape index (κ1) is 13.7. The molecule has 2 rings (SSSR count). The largest absolute Gasteiger partial charge is 0.507 e. The standard InChI is InChI=1S/C14H13FN2O3/c1-20-8-5-6-10(16)11(7-8)17-14(19)13-9(15)3-2-4-12(13)18/h2-7,18H,16H2,1H3,(H,17,19). The number of phenolic OH excluding ortho intramolecular Hbond substituents is 1. The van der Waals surface area contributed by atoms with Gasteiger partial charge in [0.15, 0.2) is 0 Å². The molecule has 0 saturated carbocycles. The van der Waals surface area contributed by atoms with Gasteiger partial charge in [-0.05, 0) is 24.3 Å². The second-order valence-electron chi connectivity index (χ2n) is 4.04. The summed E-state index contributed by atoms with van der Waals surface area (Å²) in [7, 11) is 1.47. The molecule has 0 aliphatic heterocycles. The first-order chi connectivity index (χ1) is 9.52. The number of aromatic hydroxyl groups is 1. The first-order valence-electron chi connectivity index (χ1n) is 5.75. The minimum absolute atomic E-state index is 0.275. The lowest BCUT2D eigenvalue weighted by atomic mass is 10.1. The van der Waals surface area contributed by atoms with E-state index in [1.165, 1.54) is 25.3 Å². The van der Waals surface area contributed by atoms with Crippen molar-refractivity contribution in [2.45, 2.75) is 0 Å². The van der Waals surface area contributed by atoms with Gasteiger partial charge in [-0.15, -0.1) is 0 Å². The highest BCUT2D eigenvalue weighted by Gasteiger charge is 2.17. The number of nitrogens with one attached hydrogen (secondary N) is 1. The van der Waals surface area contributed by atoms with Crippen molar-refractivity contribution in [3.8, 4) is 11.5 Å². The quantitative estimate of drug-likeness (QED) is 0.751. The third-order valence-electron chi connectivity index (χ3n) is 2.73. The van der Waals surface area contributed by atoms with Crippen molar-refractivity contribution in [3.05, 3.63) is 47.8 Å². The number of nitrogen functional groups attached to an aromatic ring is 1. The van der Waals surface area contributed by atoms with Crippen LogP contribution in [0, 0.1) is 5.82 Å². The predicted molar refractivity (Wildman–Crippen MR) is 73.4 cm³/mol. The summed E-state index contributed by atoms with van der Waals surface area (Å²) in [5.41, 5.74) is 5.86. The van der Waals surface area contributed by atoms with Crippen molar-refractivity contribution in [2.24, 2.45) is 0 Å². The zero-order chi connectivity index (χ0) is 14.7. The summed E-state index contributed by atoms with van der Waals surface area (Å²) in [5.74, 6) is -1.55. The highest BCUT2D eigenvalue weighted by molar-refractivity contribution is 6.07. The van der Waals surface area contributed by atoms with Gasteiger partial charge in [-0.25, -0.2) is 4.39 Å². The van der Waals surface area contributed by atoms with E-state index in [0.717, 1.165) is 6.07 Å². The number of hydrogen-bond donors (Lipinski definition) is 3. The van der Waals surface area contributed by atoms with Crippen LogP contribution in [0.3, 0.4) is 0 Å². The van der Waals surface area contributed by atoms with Gasteiger partial charge in [-0.2, -0.15) is 0 Å². The highest BCUT2D eigenvalue weighted by atomic mass is 19.1. The molecule has 5 nitrogen and oxygen atoms in total. The molecule has 4 N–H and O–H groups in total. The molecule has 0 fully saturated rings. The van der Waals surface area contributed by atoms with Crippen LogP contribution in [0.1, 0.15) is 10.4 Å². The molecule has 0 bridgehead atoms. The molecule has 20 heavy (non-hydrogen) atoms. The van der Waals surface area contributed by atoms with Crippen LogP contribution in [0.5, 0.6) is 11.5 Å². The summed E-state index contributed by atoms with van der Waals surface area (Å²) >= 11 is 0. The molecular weight excluding hydrogens is 263 g/mol. The van der Waals surface area contributed by atoms with Crippen LogP contribution in [0.2, 0.25) is 0 Å². The first-order valence-corrected chi connectivity index (χ1v) is 5.75. The van der Waals surface area contributed by atoms with Gasteiger partial charge in [-0.1, -0.05) is 6.07 Å².